The number of aliphatic hydroxyl groups is 1. The van der Waals surface area contributed by atoms with Crippen molar-refractivity contribution in [3.63, 3.8) is 0 Å². The van der Waals surface area contributed by atoms with Crippen LogP contribution >= 0.6 is 0 Å². The molecule has 2 heterocycles. The molecule has 3 rings (SSSR count). The lowest BCUT2D eigenvalue weighted by atomic mass is 9.83. The average Bonchev–Trinajstić information content (AvgIpc) is 2.48. The molecule has 1 N–H and O–H groups in total. The molecule has 1 aliphatic rings. The fourth-order valence-electron chi connectivity index (χ4n) is 2.55. The molecule has 1 aromatic heterocycles. The van der Waals surface area contributed by atoms with Gasteiger partial charge in [0.25, 0.3) is 0 Å². The van der Waals surface area contributed by atoms with Gasteiger partial charge in [0.15, 0.2) is 0 Å². The summed E-state index contributed by atoms with van der Waals surface area (Å²) in [7, 11) is 0. The molecule has 0 spiro atoms. The largest absolute Gasteiger partial charge is 0.457 e. The molecule has 5 heteroatoms. The summed E-state index contributed by atoms with van der Waals surface area (Å²) in [5.74, 6) is 1.71. The molecule has 0 bridgehead atoms. The van der Waals surface area contributed by atoms with Crippen LogP contribution in [-0.4, -0.2) is 28.8 Å². The van der Waals surface area contributed by atoms with Crippen molar-refractivity contribution >= 4 is 5.82 Å². The standard InChI is InChI=1S/C18H21FN2O2/c1-12(2)18(22)10-21(11-18)17-9-15(6-7-20-17)23-14-5-4-13(3)16(19)8-14/h4-9,12,22H,10-11H2,1-3H3. The molecule has 0 saturated carbocycles. The van der Waals surface area contributed by atoms with Crippen molar-refractivity contribution < 1.29 is 14.2 Å². The molecule has 0 amide bonds. The average molecular weight is 316 g/mol. The number of pyridine rings is 1. The number of halogens is 1. The predicted molar refractivity (Wildman–Crippen MR) is 87.4 cm³/mol. The Kier molecular flexibility index (Phi) is 3.98. The van der Waals surface area contributed by atoms with Gasteiger partial charge in [-0.15, -0.1) is 0 Å². The number of β-amino-alcohol motifs (C(OH)–C–C–N with tert-alkyl or cyclic N) is 1. The second kappa shape index (κ2) is 5.81. The zero-order valence-electron chi connectivity index (χ0n) is 13.6. The van der Waals surface area contributed by atoms with Crippen LogP contribution in [0, 0.1) is 18.7 Å². The van der Waals surface area contributed by atoms with Crippen molar-refractivity contribution in [1.82, 2.24) is 4.98 Å². The van der Waals surface area contributed by atoms with E-state index < -0.39 is 5.60 Å². The first-order valence-electron chi connectivity index (χ1n) is 7.75. The molecule has 1 saturated heterocycles. The zero-order chi connectivity index (χ0) is 16.6. The van der Waals surface area contributed by atoms with Crippen molar-refractivity contribution in [2.45, 2.75) is 26.4 Å². The molecule has 122 valence electrons. The number of anilines is 1. The maximum Gasteiger partial charge on any atom is 0.132 e. The summed E-state index contributed by atoms with van der Waals surface area (Å²) in [4.78, 5) is 6.32. The number of rotatable bonds is 4. The van der Waals surface area contributed by atoms with E-state index in [4.69, 9.17) is 4.74 Å². The summed E-state index contributed by atoms with van der Waals surface area (Å²) in [6, 6.07) is 8.33. The molecular weight excluding hydrogens is 295 g/mol. The smallest absolute Gasteiger partial charge is 0.132 e. The van der Waals surface area contributed by atoms with E-state index in [9.17, 15) is 9.50 Å². The van der Waals surface area contributed by atoms with Crippen LogP contribution < -0.4 is 9.64 Å². The molecule has 0 radical (unpaired) electrons. The lowest BCUT2D eigenvalue weighted by molar-refractivity contribution is -0.0304. The lowest BCUT2D eigenvalue weighted by Crippen LogP contribution is -2.65. The van der Waals surface area contributed by atoms with Gasteiger partial charge in [-0.2, -0.15) is 0 Å². The van der Waals surface area contributed by atoms with Crippen LogP contribution in [0.2, 0.25) is 0 Å². The second-order valence-corrected chi connectivity index (χ2v) is 6.48. The van der Waals surface area contributed by atoms with E-state index in [1.54, 1.807) is 37.4 Å². The lowest BCUT2D eigenvalue weighted by Gasteiger charge is -2.49. The number of ether oxygens (including phenoxy) is 1. The SMILES string of the molecule is Cc1ccc(Oc2ccnc(N3CC(O)(C(C)C)C3)c2)cc1F. The summed E-state index contributed by atoms with van der Waals surface area (Å²) >= 11 is 0. The highest BCUT2D eigenvalue weighted by Gasteiger charge is 2.44. The Balaban J connectivity index is 1.72. The van der Waals surface area contributed by atoms with Crippen LogP contribution in [0.15, 0.2) is 36.5 Å². The highest BCUT2D eigenvalue weighted by atomic mass is 19.1. The van der Waals surface area contributed by atoms with Crippen molar-refractivity contribution in [3.8, 4) is 11.5 Å². The fourth-order valence-corrected chi connectivity index (χ4v) is 2.55. The quantitative estimate of drug-likeness (QED) is 0.937. The van der Waals surface area contributed by atoms with Crippen molar-refractivity contribution in [2.24, 2.45) is 5.92 Å². The summed E-state index contributed by atoms with van der Waals surface area (Å²) < 4.78 is 19.3. The Morgan fingerprint density at radius 2 is 1.91 bits per heavy atom. The fraction of sp³-hybridized carbons (Fsp3) is 0.389. The van der Waals surface area contributed by atoms with Gasteiger partial charge in [0, 0.05) is 18.3 Å². The summed E-state index contributed by atoms with van der Waals surface area (Å²) in [5, 5.41) is 10.3. The van der Waals surface area contributed by atoms with Crippen molar-refractivity contribution in [1.29, 1.82) is 0 Å². The Morgan fingerprint density at radius 1 is 1.22 bits per heavy atom. The van der Waals surface area contributed by atoms with E-state index in [0.29, 0.717) is 30.2 Å². The molecule has 4 nitrogen and oxygen atoms in total. The number of hydrogen-bond acceptors (Lipinski definition) is 4. The number of hydrogen-bond donors (Lipinski definition) is 1. The first kappa shape index (κ1) is 15.7. The van der Waals surface area contributed by atoms with Crippen LogP contribution in [0.1, 0.15) is 19.4 Å². The Labute approximate surface area is 135 Å². The van der Waals surface area contributed by atoms with Crippen LogP contribution in [0.3, 0.4) is 0 Å². The van der Waals surface area contributed by atoms with E-state index >= 15 is 0 Å². The molecule has 2 aromatic rings. The number of aryl methyl sites for hydroxylation is 1. The highest BCUT2D eigenvalue weighted by Crippen LogP contribution is 2.33. The van der Waals surface area contributed by atoms with E-state index in [1.165, 1.54) is 6.07 Å². The van der Waals surface area contributed by atoms with Gasteiger partial charge in [0.2, 0.25) is 0 Å². The topological polar surface area (TPSA) is 45.6 Å². The highest BCUT2D eigenvalue weighted by molar-refractivity contribution is 5.48. The zero-order valence-corrected chi connectivity index (χ0v) is 13.6. The van der Waals surface area contributed by atoms with E-state index in [1.807, 2.05) is 18.7 Å². The maximum absolute atomic E-state index is 13.6. The van der Waals surface area contributed by atoms with Crippen LogP contribution in [-0.2, 0) is 0 Å². The normalized spacial score (nSPS) is 16.3. The van der Waals surface area contributed by atoms with Gasteiger partial charge in [-0.05, 0) is 30.5 Å². The first-order valence-corrected chi connectivity index (χ1v) is 7.75. The van der Waals surface area contributed by atoms with Gasteiger partial charge in [0.05, 0.1) is 13.1 Å². The molecule has 0 atom stereocenters. The van der Waals surface area contributed by atoms with Gasteiger partial charge in [-0.1, -0.05) is 19.9 Å². The minimum absolute atomic E-state index is 0.203. The molecule has 1 aromatic carbocycles. The van der Waals surface area contributed by atoms with Gasteiger partial charge in [-0.3, -0.25) is 0 Å². The van der Waals surface area contributed by atoms with Gasteiger partial charge in [0.1, 0.15) is 28.7 Å². The summed E-state index contributed by atoms with van der Waals surface area (Å²) in [6.07, 6.45) is 1.65. The second-order valence-electron chi connectivity index (χ2n) is 6.48. The number of benzene rings is 1. The Hall–Kier alpha value is -2.14. The first-order chi connectivity index (χ1) is 10.9. The monoisotopic (exact) mass is 316 g/mol. The van der Waals surface area contributed by atoms with Gasteiger partial charge in [-0.25, -0.2) is 9.37 Å². The third-order valence-electron chi connectivity index (χ3n) is 4.42. The van der Waals surface area contributed by atoms with Crippen molar-refractivity contribution in [2.75, 3.05) is 18.0 Å². The Bertz CT molecular complexity index is 712. The number of nitrogens with zero attached hydrogens (tertiary/aromatic N) is 2. The number of aromatic nitrogens is 1. The minimum atomic E-state index is -0.654. The third-order valence-corrected chi connectivity index (χ3v) is 4.42. The molecule has 1 aliphatic heterocycles. The van der Waals surface area contributed by atoms with Gasteiger partial charge < -0.3 is 14.7 Å². The van der Waals surface area contributed by atoms with Gasteiger partial charge >= 0.3 is 0 Å². The van der Waals surface area contributed by atoms with Crippen LogP contribution in [0.4, 0.5) is 10.2 Å². The summed E-state index contributed by atoms with van der Waals surface area (Å²) in [5.41, 5.74) is -0.0696. The third kappa shape index (κ3) is 3.15. The molecule has 1 fully saturated rings. The molecule has 23 heavy (non-hydrogen) atoms. The molecule has 0 unspecified atom stereocenters. The maximum atomic E-state index is 13.6. The molecule has 0 aliphatic carbocycles. The van der Waals surface area contributed by atoms with Crippen LogP contribution in [0.5, 0.6) is 11.5 Å². The minimum Gasteiger partial charge on any atom is -0.457 e. The van der Waals surface area contributed by atoms with E-state index in [0.717, 1.165) is 5.82 Å². The Morgan fingerprint density at radius 3 is 2.57 bits per heavy atom. The summed E-state index contributed by atoms with van der Waals surface area (Å²) in [6.45, 7) is 6.84. The van der Waals surface area contributed by atoms with E-state index in [2.05, 4.69) is 4.98 Å². The molecular formula is C18H21FN2O2. The van der Waals surface area contributed by atoms with Crippen molar-refractivity contribution in [3.05, 3.63) is 47.9 Å². The van der Waals surface area contributed by atoms with E-state index in [-0.39, 0.29) is 11.7 Å². The van der Waals surface area contributed by atoms with Crippen LogP contribution in [0.25, 0.3) is 0 Å². The predicted octanol–water partition coefficient (Wildman–Crippen LogP) is 3.53.